The number of hydrogen-bond donors (Lipinski definition) is 0. The minimum Gasteiger partial charge on any atom is -0.254 e. The summed E-state index contributed by atoms with van der Waals surface area (Å²) in [6.45, 7) is 0. The van der Waals surface area contributed by atoms with Gasteiger partial charge in [0, 0.05) is 12.3 Å². The van der Waals surface area contributed by atoms with E-state index in [1.807, 2.05) is 0 Å². The van der Waals surface area contributed by atoms with Crippen molar-refractivity contribution in [1.29, 1.82) is 0 Å². The molecule has 0 aliphatic carbocycles. The number of hydrogen-bond acceptors (Lipinski definition) is 3. The molecule has 1 aliphatic rings. The predicted octanol–water partition coefficient (Wildman–Crippen LogP) is -0.0123. The Labute approximate surface area is 72.2 Å². The van der Waals surface area contributed by atoms with Crippen molar-refractivity contribution in [2.75, 3.05) is 5.75 Å². The van der Waals surface area contributed by atoms with Crippen molar-refractivity contribution in [1.82, 2.24) is 0 Å². The van der Waals surface area contributed by atoms with Gasteiger partial charge in [0.25, 0.3) is 10.1 Å². The number of terminal acetylenes is 2. The van der Waals surface area contributed by atoms with E-state index in [-0.39, 0.29) is 11.7 Å². The molecular formula is C8H8O3S. The maximum absolute atomic E-state index is 11.0. The van der Waals surface area contributed by atoms with E-state index in [1.165, 1.54) is 0 Å². The molecule has 0 aromatic heterocycles. The fourth-order valence-electron chi connectivity index (χ4n) is 1.04. The maximum atomic E-state index is 11.0. The van der Waals surface area contributed by atoms with Crippen LogP contribution in [0, 0.1) is 30.6 Å². The Morgan fingerprint density at radius 1 is 1.33 bits per heavy atom. The molecular weight excluding hydrogens is 176 g/mol. The van der Waals surface area contributed by atoms with E-state index < -0.39 is 16.2 Å². The average Bonchev–Trinajstić information content (AvgIpc) is 2.01. The molecule has 12 heavy (non-hydrogen) atoms. The molecule has 2 atom stereocenters. The van der Waals surface area contributed by atoms with Crippen LogP contribution < -0.4 is 0 Å². The second kappa shape index (κ2) is 3.18. The molecule has 0 N–H and O–H groups in total. The molecule has 0 bridgehead atoms. The molecule has 0 aromatic rings. The Hall–Kier alpha value is -0.970. The van der Waals surface area contributed by atoms with Gasteiger partial charge in [-0.25, -0.2) is 0 Å². The Kier molecular flexibility index (Phi) is 2.42. The molecule has 0 radical (unpaired) electrons. The Morgan fingerprint density at radius 3 is 2.50 bits per heavy atom. The first kappa shape index (κ1) is 9.12. The molecule has 3 nitrogen and oxygen atoms in total. The second-order valence-electron chi connectivity index (χ2n) is 2.58. The van der Waals surface area contributed by atoms with Crippen LogP contribution in [0.4, 0.5) is 0 Å². The summed E-state index contributed by atoms with van der Waals surface area (Å²) in [7, 11) is -3.49. The van der Waals surface area contributed by atoms with Crippen LogP contribution in [-0.2, 0) is 14.3 Å². The van der Waals surface area contributed by atoms with E-state index in [2.05, 4.69) is 16.0 Å². The van der Waals surface area contributed by atoms with Crippen LogP contribution in [-0.4, -0.2) is 20.3 Å². The van der Waals surface area contributed by atoms with Crippen molar-refractivity contribution in [2.24, 2.45) is 5.92 Å². The lowest BCUT2D eigenvalue weighted by Crippen LogP contribution is -2.31. The van der Waals surface area contributed by atoms with Crippen LogP contribution >= 0.6 is 0 Å². The quantitative estimate of drug-likeness (QED) is 0.393. The van der Waals surface area contributed by atoms with Crippen molar-refractivity contribution in [3.05, 3.63) is 0 Å². The molecule has 2 unspecified atom stereocenters. The third-order valence-corrected chi connectivity index (χ3v) is 2.92. The predicted molar refractivity (Wildman–Crippen MR) is 44.4 cm³/mol. The molecule has 4 heteroatoms. The molecule has 0 aromatic carbocycles. The molecule has 0 spiro atoms. The van der Waals surface area contributed by atoms with Crippen LogP contribution in [0.3, 0.4) is 0 Å². The van der Waals surface area contributed by atoms with Crippen LogP contribution in [0.1, 0.15) is 6.42 Å². The van der Waals surface area contributed by atoms with Gasteiger partial charge in [-0.1, -0.05) is 5.92 Å². The molecule has 0 amide bonds. The lowest BCUT2D eigenvalue weighted by atomic mass is 10.1. The highest BCUT2D eigenvalue weighted by molar-refractivity contribution is 7.86. The van der Waals surface area contributed by atoms with Gasteiger partial charge in [-0.2, -0.15) is 8.42 Å². The van der Waals surface area contributed by atoms with Gasteiger partial charge in [-0.15, -0.1) is 18.8 Å². The summed E-state index contributed by atoms with van der Waals surface area (Å²) in [6.07, 6.45) is 9.87. The van der Waals surface area contributed by atoms with Gasteiger partial charge < -0.3 is 0 Å². The smallest absolute Gasteiger partial charge is 0.254 e. The van der Waals surface area contributed by atoms with Gasteiger partial charge in [-0.3, -0.25) is 4.18 Å². The third-order valence-electron chi connectivity index (χ3n) is 1.59. The summed E-state index contributed by atoms with van der Waals surface area (Å²) in [5, 5.41) is 0. The monoisotopic (exact) mass is 184 g/mol. The van der Waals surface area contributed by atoms with Crippen LogP contribution in [0.25, 0.3) is 0 Å². The largest absolute Gasteiger partial charge is 0.269 e. The highest BCUT2D eigenvalue weighted by Crippen LogP contribution is 2.20. The topological polar surface area (TPSA) is 43.4 Å². The Morgan fingerprint density at radius 2 is 2.00 bits per heavy atom. The zero-order valence-corrected chi connectivity index (χ0v) is 7.17. The van der Waals surface area contributed by atoms with Gasteiger partial charge in [0.05, 0.1) is 5.75 Å². The molecule has 1 saturated heterocycles. The summed E-state index contributed by atoms with van der Waals surface area (Å²) in [5.41, 5.74) is 0. The standard InChI is InChI=1S/C8H8O3S/c1-3-7-5-8(4-2)11-12(9,10)6-7/h1-2,7-8H,5-6H2. The average molecular weight is 184 g/mol. The van der Waals surface area contributed by atoms with Crippen molar-refractivity contribution in [2.45, 2.75) is 12.5 Å². The summed E-state index contributed by atoms with van der Waals surface area (Å²) in [6, 6.07) is 0. The number of rotatable bonds is 0. The van der Waals surface area contributed by atoms with Crippen LogP contribution in [0.15, 0.2) is 0 Å². The third kappa shape index (κ3) is 2.01. The molecule has 64 valence electrons. The van der Waals surface area contributed by atoms with Crippen molar-refractivity contribution in [3.63, 3.8) is 0 Å². The zero-order valence-electron chi connectivity index (χ0n) is 6.36. The maximum Gasteiger partial charge on any atom is 0.269 e. The van der Waals surface area contributed by atoms with Crippen molar-refractivity contribution >= 4 is 10.1 Å². The molecule has 1 rings (SSSR count). The van der Waals surface area contributed by atoms with Gasteiger partial charge in [0.2, 0.25) is 0 Å². The van der Waals surface area contributed by atoms with E-state index in [0.29, 0.717) is 6.42 Å². The summed E-state index contributed by atoms with van der Waals surface area (Å²) < 4.78 is 26.5. The van der Waals surface area contributed by atoms with E-state index in [0.717, 1.165) is 0 Å². The first-order valence-corrected chi connectivity index (χ1v) is 4.98. The fraction of sp³-hybridized carbons (Fsp3) is 0.500. The summed E-state index contributed by atoms with van der Waals surface area (Å²) >= 11 is 0. The van der Waals surface area contributed by atoms with Crippen LogP contribution in [0.5, 0.6) is 0 Å². The first-order chi connectivity index (χ1) is 5.57. The van der Waals surface area contributed by atoms with E-state index in [1.54, 1.807) is 0 Å². The second-order valence-corrected chi connectivity index (χ2v) is 4.22. The Balaban J connectivity index is 2.83. The van der Waals surface area contributed by atoms with E-state index in [4.69, 9.17) is 12.8 Å². The first-order valence-electron chi connectivity index (χ1n) is 3.40. The minimum atomic E-state index is -3.49. The minimum absolute atomic E-state index is 0.123. The fourth-order valence-corrected chi connectivity index (χ4v) is 2.33. The van der Waals surface area contributed by atoms with Gasteiger partial charge >= 0.3 is 0 Å². The lowest BCUT2D eigenvalue weighted by molar-refractivity contribution is 0.220. The van der Waals surface area contributed by atoms with E-state index >= 15 is 0 Å². The summed E-state index contributed by atoms with van der Waals surface area (Å²) in [4.78, 5) is 0. The van der Waals surface area contributed by atoms with E-state index in [9.17, 15) is 8.42 Å². The molecule has 1 fully saturated rings. The Bertz CT molecular complexity index is 313. The highest BCUT2D eigenvalue weighted by atomic mass is 32.2. The van der Waals surface area contributed by atoms with Crippen molar-refractivity contribution < 1.29 is 12.6 Å². The normalized spacial score (nSPS) is 33.2. The van der Waals surface area contributed by atoms with Crippen molar-refractivity contribution in [3.8, 4) is 24.7 Å². The van der Waals surface area contributed by atoms with Gasteiger partial charge in [0.15, 0.2) is 0 Å². The van der Waals surface area contributed by atoms with Crippen LogP contribution in [0.2, 0.25) is 0 Å². The molecule has 1 aliphatic heterocycles. The van der Waals surface area contributed by atoms with Gasteiger partial charge in [-0.05, 0) is 0 Å². The molecule has 1 heterocycles. The lowest BCUT2D eigenvalue weighted by Gasteiger charge is -2.22. The zero-order chi connectivity index (χ0) is 9.19. The SMILES string of the molecule is C#CC1CC(C#C)OS(=O)(=O)C1. The highest BCUT2D eigenvalue weighted by Gasteiger charge is 2.30. The molecule has 0 saturated carbocycles. The summed E-state index contributed by atoms with van der Waals surface area (Å²) in [5.74, 6) is 4.16. The van der Waals surface area contributed by atoms with Gasteiger partial charge in [0.1, 0.15) is 6.10 Å².